The molecular weight excluding hydrogens is 523 g/mol. The predicted octanol–water partition coefficient (Wildman–Crippen LogP) is 7.34. The summed E-state index contributed by atoms with van der Waals surface area (Å²) in [5, 5.41) is 3.95. The first-order chi connectivity index (χ1) is 17.5. The summed E-state index contributed by atoms with van der Waals surface area (Å²) < 4.78 is 0. The first-order valence-electron chi connectivity index (χ1n) is 12.3. The lowest BCUT2D eigenvalue weighted by Gasteiger charge is -2.34. The normalized spacial score (nSPS) is 12.2. The van der Waals surface area contributed by atoms with E-state index in [1.54, 1.807) is 28.8 Å². The van der Waals surface area contributed by atoms with Crippen LogP contribution in [0.3, 0.4) is 0 Å². The summed E-state index contributed by atoms with van der Waals surface area (Å²) in [6.07, 6.45) is 0.703. The molecule has 0 radical (unpaired) electrons. The SMILES string of the molecule is Cc1ccc(SCCC(=O)N(Cc2ccc(Cl)c(Cl)c2)[C@H](Cc2ccccc2)C(=O)NC(C)(C)C)cc1. The number of thioether (sulfide) groups is 1. The van der Waals surface area contributed by atoms with Crippen molar-refractivity contribution >= 4 is 46.8 Å². The van der Waals surface area contributed by atoms with Gasteiger partial charge in [0.15, 0.2) is 0 Å². The van der Waals surface area contributed by atoms with Crippen LogP contribution in [0.5, 0.6) is 0 Å². The molecular formula is C30H34Cl2N2O2S. The van der Waals surface area contributed by atoms with E-state index in [4.69, 9.17) is 23.2 Å². The maximum atomic E-state index is 13.7. The zero-order valence-electron chi connectivity index (χ0n) is 21.8. The van der Waals surface area contributed by atoms with Crippen LogP contribution in [0.1, 0.15) is 43.9 Å². The second-order valence-electron chi connectivity index (χ2n) is 10.1. The Kier molecular flexibility index (Phi) is 10.5. The third-order valence-electron chi connectivity index (χ3n) is 5.71. The molecule has 37 heavy (non-hydrogen) atoms. The van der Waals surface area contributed by atoms with Crippen molar-refractivity contribution in [2.24, 2.45) is 0 Å². The average molecular weight is 558 g/mol. The van der Waals surface area contributed by atoms with Crippen LogP contribution in [0.2, 0.25) is 10.0 Å². The van der Waals surface area contributed by atoms with Gasteiger partial charge in [-0.15, -0.1) is 11.8 Å². The molecule has 0 bridgehead atoms. The first kappa shape index (κ1) is 29.1. The van der Waals surface area contributed by atoms with Crippen molar-refractivity contribution in [3.8, 4) is 0 Å². The van der Waals surface area contributed by atoms with Gasteiger partial charge in [-0.1, -0.05) is 77.3 Å². The molecule has 7 heteroatoms. The number of hydrogen-bond acceptors (Lipinski definition) is 3. The van der Waals surface area contributed by atoms with Gasteiger partial charge in [0.2, 0.25) is 11.8 Å². The summed E-state index contributed by atoms with van der Waals surface area (Å²) in [7, 11) is 0. The van der Waals surface area contributed by atoms with Gasteiger partial charge in [-0.05, 0) is 63.1 Å². The quantitative estimate of drug-likeness (QED) is 0.266. The molecule has 3 rings (SSSR count). The maximum Gasteiger partial charge on any atom is 0.243 e. The number of amides is 2. The fourth-order valence-corrected chi connectivity index (χ4v) is 5.04. The van der Waals surface area contributed by atoms with Crippen molar-refractivity contribution < 1.29 is 9.59 Å². The van der Waals surface area contributed by atoms with Gasteiger partial charge in [-0.2, -0.15) is 0 Å². The van der Waals surface area contributed by atoms with Gasteiger partial charge >= 0.3 is 0 Å². The number of aryl methyl sites for hydroxylation is 1. The van der Waals surface area contributed by atoms with Crippen LogP contribution in [-0.2, 0) is 22.6 Å². The zero-order valence-corrected chi connectivity index (χ0v) is 24.1. The third-order valence-corrected chi connectivity index (χ3v) is 7.46. The molecule has 0 unspecified atom stereocenters. The lowest BCUT2D eigenvalue weighted by Crippen LogP contribution is -2.54. The smallest absolute Gasteiger partial charge is 0.243 e. The molecule has 0 aromatic heterocycles. The van der Waals surface area contributed by atoms with E-state index in [2.05, 4.69) is 29.6 Å². The predicted molar refractivity (Wildman–Crippen MR) is 155 cm³/mol. The molecule has 3 aromatic carbocycles. The molecule has 3 aromatic rings. The highest BCUT2D eigenvalue weighted by Crippen LogP contribution is 2.25. The molecule has 0 fully saturated rings. The Morgan fingerprint density at radius 1 is 0.919 bits per heavy atom. The zero-order chi connectivity index (χ0) is 27.0. The van der Waals surface area contributed by atoms with Crippen molar-refractivity contribution in [2.45, 2.75) is 63.6 Å². The Bertz CT molecular complexity index is 1190. The molecule has 2 amide bonds. The van der Waals surface area contributed by atoms with Gasteiger partial charge < -0.3 is 10.2 Å². The number of halogens is 2. The van der Waals surface area contributed by atoms with Crippen LogP contribution in [0, 0.1) is 6.92 Å². The van der Waals surface area contributed by atoms with Gasteiger partial charge in [-0.3, -0.25) is 9.59 Å². The molecule has 196 valence electrons. The summed E-state index contributed by atoms with van der Waals surface area (Å²) >= 11 is 14.0. The van der Waals surface area contributed by atoms with Crippen molar-refractivity contribution in [1.29, 1.82) is 0 Å². The van der Waals surface area contributed by atoms with E-state index in [0.29, 0.717) is 28.6 Å². The van der Waals surface area contributed by atoms with Crippen LogP contribution in [0.25, 0.3) is 0 Å². The summed E-state index contributed by atoms with van der Waals surface area (Å²) in [5.41, 5.74) is 2.56. The van der Waals surface area contributed by atoms with E-state index >= 15 is 0 Å². The number of hydrogen-bond donors (Lipinski definition) is 1. The highest BCUT2D eigenvalue weighted by Gasteiger charge is 2.32. The molecule has 0 spiro atoms. The van der Waals surface area contributed by atoms with Crippen molar-refractivity contribution in [2.75, 3.05) is 5.75 Å². The largest absolute Gasteiger partial charge is 0.350 e. The van der Waals surface area contributed by atoms with E-state index in [1.165, 1.54) is 5.56 Å². The number of carbonyl (C=O) groups excluding carboxylic acids is 2. The van der Waals surface area contributed by atoms with Crippen LogP contribution in [0.15, 0.2) is 77.7 Å². The summed E-state index contributed by atoms with van der Waals surface area (Å²) in [5.74, 6) is 0.338. The number of nitrogens with one attached hydrogen (secondary N) is 1. The molecule has 0 saturated heterocycles. The summed E-state index contributed by atoms with van der Waals surface area (Å²) in [6.45, 7) is 8.11. The lowest BCUT2D eigenvalue weighted by atomic mass is 10.0. The lowest BCUT2D eigenvalue weighted by molar-refractivity contribution is -0.141. The number of carbonyl (C=O) groups is 2. The van der Waals surface area contributed by atoms with Crippen molar-refractivity contribution in [3.05, 3.63) is 99.5 Å². The molecule has 1 atom stereocenters. The standard InChI is InChI=1S/C30H34Cl2N2O2S/c1-21-10-13-24(14-11-21)37-17-16-28(35)34(20-23-12-15-25(31)26(32)18-23)27(29(36)33-30(2,3)4)19-22-8-6-5-7-9-22/h5-15,18,27H,16-17,19-20H2,1-4H3,(H,33,36)/t27-/m1/s1. The van der Waals surface area contributed by atoms with Crippen molar-refractivity contribution in [3.63, 3.8) is 0 Å². The summed E-state index contributed by atoms with van der Waals surface area (Å²) in [4.78, 5) is 30.1. The van der Waals surface area contributed by atoms with Gasteiger partial charge in [0.05, 0.1) is 10.0 Å². The minimum Gasteiger partial charge on any atom is -0.350 e. The highest BCUT2D eigenvalue weighted by atomic mass is 35.5. The highest BCUT2D eigenvalue weighted by molar-refractivity contribution is 7.99. The van der Waals surface area contributed by atoms with Crippen molar-refractivity contribution in [1.82, 2.24) is 10.2 Å². The molecule has 0 saturated carbocycles. The Labute approximate surface area is 234 Å². The number of rotatable bonds is 10. The maximum absolute atomic E-state index is 13.7. The molecule has 0 heterocycles. The minimum absolute atomic E-state index is 0.0873. The number of nitrogens with zero attached hydrogens (tertiary/aromatic N) is 1. The van der Waals surface area contributed by atoms with Gasteiger partial charge in [-0.25, -0.2) is 0 Å². The van der Waals surface area contributed by atoms with Crippen LogP contribution < -0.4 is 5.32 Å². The van der Waals surface area contributed by atoms with Crippen LogP contribution in [-0.4, -0.2) is 34.0 Å². The van der Waals surface area contributed by atoms with E-state index in [0.717, 1.165) is 16.0 Å². The van der Waals surface area contributed by atoms with Gasteiger partial charge in [0.1, 0.15) is 6.04 Å². The molecule has 1 N–H and O–H groups in total. The Hall–Kier alpha value is -2.47. The molecule has 0 aliphatic carbocycles. The van der Waals surface area contributed by atoms with E-state index in [-0.39, 0.29) is 18.4 Å². The van der Waals surface area contributed by atoms with Crippen LogP contribution >= 0.6 is 35.0 Å². The Balaban J connectivity index is 1.88. The third kappa shape index (κ3) is 9.41. The molecule has 4 nitrogen and oxygen atoms in total. The van der Waals surface area contributed by atoms with Crippen LogP contribution in [0.4, 0.5) is 0 Å². The topological polar surface area (TPSA) is 49.4 Å². The van der Waals surface area contributed by atoms with E-state index < -0.39 is 11.6 Å². The molecule has 0 aliphatic rings. The average Bonchev–Trinajstić information content (AvgIpc) is 2.84. The fourth-order valence-electron chi connectivity index (χ4n) is 3.88. The summed E-state index contributed by atoms with van der Waals surface area (Å²) in [6, 6.07) is 22.7. The first-order valence-corrected chi connectivity index (χ1v) is 14.0. The Morgan fingerprint density at radius 2 is 1.59 bits per heavy atom. The minimum atomic E-state index is -0.687. The fraction of sp³-hybridized carbons (Fsp3) is 0.333. The van der Waals surface area contributed by atoms with E-state index in [9.17, 15) is 9.59 Å². The van der Waals surface area contributed by atoms with Gasteiger partial charge in [0, 0.05) is 35.6 Å². The van der Waals surface area contributed by atoms with Gasteiger partial charge in [0.25, 0.3) is 0 Å². The second-order valence-corrected chi connectivity index (χ2v) is 12.1. The number of benzene rings is 3. The molecule has 0 aliphatic heterocycles. The Morgan fingerprint density at radius 3 is 2.22 bits per heavy atom. The second kappa shape index (κ2) is 13.4. The van der Waals surface area contributed by atoms with E-state index in [1.807, 2.05) is 64.1 Å². The monoisotopic (exact) mass is 556 g/mol.